The molecule has 0 saturated carbocycles. The molecule has 0 aliphatic rings. The molecule has 2 aromatic carbocycles. The Labute approximate surface area is 157 Å². The Morgan fingerprint density at radius 3 is 2.44 bits per heavy atom. The molecular formula is C17H14ClNO8. The van der Waals surface area contributed by atoms with E-state index in [1.165, 1.54) is 7.11 Å². The number of rotatable bonds is 6. The molecular weight excluding hydrogens is 382 g/mol. The van der Waals surface area contributed by atoms with Crippen LogP contribution < -0.4 is 10.1 Å². The third kappa shape index (κ3) is 4.15. The first-order chi connectivity index (χ1) is 12.8. The number of phenolic OH excluding ortho intramolecular Hbond substituents is 4. The molecule has 0 aliphatic heterocycles. The zero-order valence-corrected chi connectivity index (χ0v) is 14.5. The van der Waals surface area contributed by atoms with Crippen LogP contribution >= 0.6 is 11.6 Å². The molecule has 0 aromatic heterocycles. The van der Waals surface area contributed by atoms with E-state index in [0.29, 0.717) is 6.41 Å². The predicted molar refractivity (Wildman–Crippen MR) is 95.2 cm³/mol. The molecule has 0 unspecified atom stereocenters. The first-order valence-corrected chi connectivity index (χ1v) is 7.60. The van der Waals surface area contributed by atoms with E-state index >= 15 is 0 Å². The highest BCUT2D eigenvalue weighted by Gasteiger charge is 2.18. The molecule has 5 N–H and O–H groups in total. The van der Waals surface area contributed by atoms with Crippen molar-refractivity contribution in [1.29, 1.82) is 0 Å². The molecule has 0 radical (unpaired) electrons. The molecule has 0 fully saturated rings. The van der Waals surface area contributed by atoms with Gasteiger partial charge in [-0.3, -0.25) is 4.79 Å². The summed E-state index contributed by atoms with van der Waals surface area (Å²) in [6, 6.07) is 2.97. The zero-order chi connectivity index (χ0) is 20.1. The fourth-order valence-corrected chi connectivity index (χ4v) is 2.31. The number of hydrogen-bond acceptors (Lipinski definition) is 8. The molecule has 2 rings (SSSR count). The third-order valence-corrected chi connectivity index (χ3v) is 3.68. The van der Waals surface area contributed by atoms with E-state index in [1.54, 1.807) is 0 Å². The molecule has 142 valence electrons. The highest BCUT2D eigenvalue weighted by Crippen LogP contribution is 2.42. The minimum absolute atomic E-state index is 0.0809. The summed E-state index contributed by atoms with van der Waals surface area (Å²) in [5.74, 6) is -2.92. The number of halogens is 1. The lowest BCUT2D eigenvalue weighted by Crippen LogP contribution is -2.01. The average molecular weight is 396 g/mol. The van der Waals surface area contributed by atoms with E-state index < -0.39 is 23.2 Å². The number of hydrogen-bond donors (Lipinski definition) is 5. The van der Waals surface area contributed by atoms with Crippen LogP contribution in [0.15, 0.2) is 24.5 Å². The van der Waals surface area contributed by atoms with Gasteiger partial charge in [-0.1, -0.05) is 11.6 Å². The predicted octanol–water partition coefficient (Wildman–Crippen LogP) is 2.57. The Kier molecular flexibility index (Phi) is 5.99. The van der Waals surface area contributed by atoms with Crippen molar-refractivity contribution in [3.63, 3.8) is 0 Å². The van der Waals surface area contributed by atoms with Crippen LogP contribution in [0.4, 0.5) is 5.69 Å². The molecule has 2 aromatic rings. The quantitative estimate of drug-likeness (QED) is 0.165. The Balaban J connectivity index is 2.32. The van der Waals surface area contributed by atoms with Gasteiger partial charge in [0.1, 0.15) is 22.8 Å². The van der Waals surface area contributed by atoms with Gasteiger partial charge in [0.15, 0.2) is 11.5 Å². The van der Waals surface area contributed by atoms with Crippen LogP contribution in [-0.2, 0) is 9.53 Å². The van der Waals surface area contributed by atoms with Crippen molar-refractivity contribution >= 4 is 35.7 Å². The van der Waals surface area contributed by atoms with Crippen molar-refractivity contribution in [2.75, 3.05) is 12.4 Å². The van der Waals surface area contributed by atoms with Crippen molar-refractivity contribution in [3.8, 4) is 28.7 Å². The van der Waals surface area contributed by atoms with E-state index in [9.17, 15) is 30.0 Å². The number of phenols is 4. The van der Waals surface area contributed by atoms with Gasteiger partial charge in [0.05, 0.1) is 29.6 Å². The fraction of sp³-hybridized carbons (Fsp3) is 0.0588. The van der Waals surface area contributed by atoms with Gasteiger partial charge in [0, 0.05) is 12.1 Å². The second-order valence-electron chi connectivity index (χ2n) is 5.03. The van der Waals surface area contributed by atoms with Crippen LogP contribution in [0, 0.1) is 0 Å². The summed E-state index contributed by atoms with van der Waals surface area (Å²) in [6.07, 6.45) is 2.26. The van der Waals surface area contributed by atoms with Gasteiger partial charge in [-0.25, -0.2) is 4.79 Å². The summed E-state index contributed by atoms with van der Waals surface area (Å²) < 4.78 is 9.82. The largest absolute Gasteiger partial charge is 0.507 e. The maximum atomic E-state index is 12.0. The molecule has 27 heavy (non-hydrogen) atoms. The molecule has 0 spiro atoms. The first kappa shape index (κ1) is 19.7. The SMILES string of the molecule is COc1c(O)cc(NC=O)c(O)c1C=COC(=O)c1cc(Cl)c(O)cc1O. The minimum Gasteiger partial charge on any atom is -0.507 e. The summed E-state index contributed by atoms with van der Waals surface area (Å²) in [5, 5.41) is 41.1. The van der Waals surface area contributed by atoms with Crippen molar-refractivity contribution in [2.45, 2.75) is 0 Å². The lowest BCUT2D eigenvalue weighted by atomic mass is 10.1. The van der Waals surface area contributed by atoms with E-state index in [0.717, 1.165) is 30.5 Å². The summed E-state index contributed by atoms with van der Waals surface area (Å²) >= 11 is 5.69. The number of amides is 1. The number of methoxy groups -OCH3 is 1. The number of esters is 1. The first-order valence-electron chi connectivity index (χ1n) is 7.22. The standard InChI is InChI=1S/C17H14ClNO8/c1-26-16-8(15(24)11(19-7-20)5-14(16)23)2-3-27-17(25)9-4-10(18)13(22)6-12(9)21/h2-7,21-24H,1H3,(H,19,20). The molecule has 0 atom stereocenters. The zero-order valence-electron chi connectivity index (χ0n) is 13.8. The van der Waals surface area contributed by atoms with E-state index in [1.807, 2.05) is 0 Å². The smallest absolute Gasteiger partial charge is 0.346 e. The van der Waals surface area contributed by atoms with Crippen LogP contribution in [0.1, 0.15) is 15.9 Å². The van der Waals surface area contributed by atoms with E-state index in [2.05, 4.69) is 5.32 Å². The highest BCUT2D eigenvalue weighted by atomic mass is 35.5. The third-order valence-electron chi connectivity index (χ3n) is 3.38. The van der Waals surface area contributed by atoms with Crippen molar-refractivity contribution < 1.29 is 39.5 Å². The van der Waals surface area contributed by atoms with Gasteiger partial charge < -0.3 is 35.2 Å². The van der Waals surface area contributed by atoms with E-state index in [-0.39, 0.29) is 33.3 Å². The molecule has 0 bridgehead atoms. The van der Waals surface area contributed by atoms with Crippen LogP contribution in [0.2, 0.25) is 5.02 Å². The number of anilines is 1. The number of aromatic hydroxyl groups is 4. The van der Waals surface area contributed by atoms with Gasteiger partial charge in [0.2, 0.25) is 6.41 Å². The Morgan fingerprint density at radius 1 is 1.11 bits per heavy atom. The molecule has 9 nitrogen and oxygen atoms in total. The van der Waals surface area contributed by atoms with E-state index in [4.69, 9.17) is 21.1 Å². The maximum Gasteiger partial charge on any atom is 0.346 e. The van der Waals surface area contributed by atoms with Gasteiger partial charge in [-0.2, -0.15) is 0 Å². The Hall–Kier alpha value is -3.59. The van der Waals surface area contributed by atoms with Gasteiger partial charge in [-0.05, 0) is 12.1 Å². The molecule has 0 heterocycles. The van der Waals surface area contributed by atoms with Crippen molar-refractivity contribution in [2.24, 2.45) is 0 Å². The number of ether oxygens (including phenoxy) is 2. The number of benzene rings is 2. The highest BCUT2D eigenvalue weighted by molar-refractivity contribution is 6.32. The van der Waals surface area contributed by atoms with Gasteiger partial charge in [-0.15, -0.1) is 0 Å². The number of carbonyl (C=O) groups excluding carboxylic acids is 2. The topological polar surface area (TPSA) is 146 Å². The fourth-order valence-electron chi connectivity index (χ4n) is 2.15. The van der Waals surface area contributed by atoms with Gasteiger partial charge >= 0.3 is 5.97 Å². The van der Waals surface area contributed by atoms with Crippen LogP contribution in [-0.4, -0.2) is 39.9 Å². The van der Waals surface area contributed by atoms with Crippen LogP contribution in [0.5, 0.6) is 28.7 Å². The number of carbonyl (C=O) groups is 2. The molecule has 1 amide bonds. The second kappa shape index (κ2) is 8.19. The lowest BCUT2D eigenvalue weighted by molar-refractivity contribution is -0.105. The minimum atomic E-state index is -1.00. The van der Waals surface area contributed by atoms with Crippen molar-refractivity contribution in [3.05, 3.63) is 40.6 Å². The van der Waals surface area contributed by atoms with Crippen LogP contribution in [0.3, 0.4) is 0 Å². The Morgan fingerprint density at radius 2 is 1.81 bits per heavy atom. The normalized spacial score (nSPS) is 10.6. The maximum absolute atomic E-state index is 12.0. The van der Waals surface area contributed by atoms with Crippen molar-refractivity contribution in [1.82, 2.24) is 0 Å². The summed E-state index contributed by atoms with van der Waals surface area (Å²) in [4.78, 5) is 22.6. The molecule has 0 saturated heterocycles. The second-order valence-corrected chi connectivity index (χ2v) is 5.44. The Bertz CT molecular complexity index is 926. The summed E-state index contributed by atoms with van der Waals surface area (Å²) in [7, 11) is 1.24. The summed E-state index contributed by atoms with van der Waals surface area (Å²) in [6.45, 7) is 0. The average Bonchev–Trinajstić information content (AvgIpc) is 2.62. The monoisotopic (exact) mass is 395 g/mol. The molecule has 10 heteroatoms. The summed E-state index contributed by atoms with van der Waals surface area (Å²) in [5.41, 5.74) is -0.488. The molecule has 0 aliphatic carbocycles. The van der Waals surface area contributed by atoms with Gasteiger partial charge in [0.25, 0.3) is 0 Å². The number of nitrogens with one attached hydrogen (secondary N) is 1. The lowest BCUT2D eigenvalue weighted by Gasteiger charge is -2.12. The van der Waals surface area contributed by atoms with Crippen LogP contribution in [0.25, 0.3) is 6.08 Å².